The first-order valence-corrected chi connectivity index (χ1v) is 7.95. The van der Waals surface area contributed by atoms with Crippen LogP contribution in [0.2, 0.25) is 0 Å². The molecule has 21 heavy (non-hydrogen) atoms. The van der Waals surface area contributed by atoms with Gasteiger partial charge in [0.05, 0.1) is 0 Å². The maximum Gasteiger partial charge on any atom is 0.137 e. The Balaban J connectivity index is 2.45. The highest BCUT2D eigenvalue weighted by Gasteiger charge is 2.21. The van der Waals surface area contributed by atoms with Gasteiger partial charge in [-0.15, -0.1) is 0 Å². The third-order valence-electron chi connectivity index (χ3n) is 2.96. The summed E-state index contributed by atoms with van der Waals surface area (Å²) in [5.74, 6) is 1.76. The summed E-state index contributed by atoms with van der Waals surface area (Å²) in [7, 11) is 0. The van der Waals surface area contributed by atoms with Gasteiger partial charge in [-0.25, -0.2) is 15.0 Å². The van der Waals surface area contributed by atoms with Crippen LogP contribution in [-0.2, 0) is 5.41 Å². The fourth-order valence-electron chi connectivity index (χ4n) is 1.78. The zero-order chi connectivity index (χ0) is 15.5. The number of nitrogens with zero attached hydrogens (tertiary/aromatic N) is 3. The second kappa shape index (κ2) is 6.43. The second-order valence-electron chi connectivity index (χ2n) is 5.88. The van der Waals surface area contributed by atoms with Crippen LogP contribution in [0.3, 0.4) is 0 Å². The van der Waals surface area contributed by atoms with Crippen molar-refractivity contribution in [1.29, 1.82) is 0 Å². The number of anilines is 1. The van der Waals surface area contributed by atoms with Gasteiger partial charge in [0.1, 0.15) is 21.7 Å². The first kappa shape index (κ1) is 15.8. The molecule has 2 rings (SSSR count). The standard InChI is InChI=1S/C16H22N4S/c1-6-17-13-11(2)14(20-15(19-13)16(3,4)5)21-12-9-7-8-10-18-12/h7-10H,6H2,1-5H3,(H,17,19,20). The Morgan fingerprint density at radius 1 is 1.19 bits per heavy atom. The lowest BCUT2D eigenvalue weighted by Gasteiger charge is -2.20. The molecule has 112 valence electrons. The minimum absolute atomic E-state index is 0.0860. The Labute approximate surface area is 130 Å². The topological polar surface area (TPSA) is 50.7 Å². The average molecular weight is 302 g/mol. The van der Waals surface area contributed by atoms with E-state index in [-0.39, 0.29) is 5.41 Å². The quantitative estimate of drug-likeness (QED) is 0.863. The molecule has 5 heteroatoms. The van der Waals surface area contributed by atoms with Gasteiger partial charge in [0, 0.05) is 23.7 Å². The largest absolute Gasteiger partial charge is 0.370 e. The van der Waals surface area contributed by atoms with E-state index in [2.05, 4.69) is 49.9 Å². The molecule has 0 aliphatic carbocycles. The lowest BCUT2D eigenvalue weighted by atomic mass is 9.95. The number of aromatic nitrogens is 3. The molecule has 0 saturated carbocycles. The van der Waals surface area contributed by atoms with Crippen molar-refractivity contribution in [2.24, 2.45) is 0 Å². The summed E-state index contributed by atoms with van der Waals surface area (Å²) in [6.45, 7) is 11.3. The van der Waals surface area contributed by atoms with Gasteiger partial charge in [0.2, 0.25) is 0 Å². The molecular weight excluding hydrogens is 280 g/mol. The maximum absolute atomic E-state index is 4.75. The highest BCUT2D eigenvalue weighted by molar-refractivity contribution is 7.99. The second-order valence-corrected chi connectivity index (χ2v) is 6.89. The van der Waals surface area contributed by atoms with Crippen molar-refractivity contribution < 1.29 is 0 Å². The predicted molar refractivity (Wildman–Crippen MR) is 88.0 cm³/mol. The maximum atomic E-state index is 4.75. The van der Waals surface area contributed by atoms with E-state index < -0.39 is 0 Å². The molecule has 0 atom stereocenters. The molecule has 0 saturated heterocycles. The van der Waals surface area contributed by atoms with Gasteiger partial charge in [-0.3, -0.25) is 0 Å². The van der Waals surface area contributed by atoms with E-state index in [4.69, 9.17) is 4.98 Å². The normalized spacial score (nSPS) is 11.5. The Morgan fingerprint density at radius 3 is 2.52 bits per heavy atom. The van der Waals surface area contributed by atoms with Gasteiger partial charge in [-0.2, -0.15) is 0 Å². The molecule has 0 aliphatic rings. The van der Waals surface area contributed by atoms with Crippen molar-refractivity contribution in [2.45, 2.75) is 50.1 Å². The van der Waals surface area contributed by atoms with E-state index in [1.165, 1.54) is 0 Å². The van der Waals surface area contributed by atoms with Gasteiger partial charge in [0.15, 0.2) is 0 Å². The summed E-state index contributed by atoms with van der Waals surface area (Å²) in [4.78, 5) is 13.8. The monoisotopic (exact) mass is 302 g/mol. The van der Waals surface area contributed by atoms with Crippen molar-refractivity contribution >= 4 is 17.6 Å². The Morgan fingerprint density at radius 2 is 1.95 bits per heavy atom. The molecule has 0 bridgehead atoms. The molecule has 0 radical (unpaired) electrons. The van der Waals surface area contributed by atoms with Gasteiger partial charge in [0.25, 0.3) is 0 Å². The van der Waals surface area contributed by atoms with Gasteiger partial charge < -0.3 is 5.32 Å². The summed E-state index contributed by atoms with van der Waals surface area (Å²) in [6.07, 6.45) is 1.80. The molecule has 1 N–H and O–H groups in total. The third-order valence-corrected chi connectivity index (χ3v) is 4.00. The Kier molecular flexibility index (Phi) is 4.83. The minimum Gasteiger partial charge on any atom is -0.370 e. The minimum atomic E-state index is -0.0860. The Bertz CT molecular complexity index is 606. The van der Waals surface area contributed by atoms with E-state index in [1.54, 1.807) is 18.0 Å². The van der Waals surface area contributed by atoms with Crippen LogP contribution in [0, 0.1) is 6.92 Å². The van der Waals surface area contributed by atoms with Crippen molar-refractivity contribution in [2.75, 3.05) is 11.9 Å². The van der Waals surface area contributed by atoms with Crippen LogP contribution in [0.25, 0.3) is 0 Å². The highest BCUT2D eigenvalue weighted by atomic mass is 32.2. The molecule has 2 aromatic heterocycles. The molecule has 0 aromatic carbocycles. The predicted octanol–water partition coefficient (Wildman–Crippen LogP) is 4.06. The van der Waals surface area contributed by atoms with Crippen LogP contribution in [0.5, 0.6) is 0 Å². The van der Waals surface area contributed by atoms with Crippen LogP contribution in [0.15, 0.2) is 34.4 Å². The summed E-state index contributed by atoms with van der Waals surface area (Å²) >= 11 is 1.58. The van der Waals surface area contributed by atoms with E-state index in [0.29, 0.717) is 0 Å². The van der Waals surface area contributed by atoms with Crippen LogP contribution >= 0.6 is 11.8 Å². The molecule has 2 heterocycles. The number of rotatable bonds is 4. The number of hydrogen-bond acceptors (Lipinski definition) is 5. The summed E-state index contributed by atoms with van der Waals surface area (Å²) in [5.41, 5.74) is 0.984. The smallest absolute Gasteiger partial charge is 0.137 e. The van der Waals surface area contributed by atoms with E-state index in [1.807, 2.05) is 18.2 Å². The number of pyridine rings is 1. The SMILES string of the molecule is CCNc1nc(C(C)(C)C)nc(Sc2ccccn2)c1C. The summed E-state index contributed by atoms with van der Waals surface area (Å²) in [6, 6.07) is 5.90. The van der Waals surface area contributed by atoms with Gasteiger partial charge >= 0.3 is 0 Å². The van der Waals surface area contributed by atoms with E-state index in [0.717, 1.165) is 33.8 Å². The van der Waals surface area contributed by atoms with Crippen molar-refractivity contribution in [1.82, 2.24) is 15.0 Å². The number of nitrogens with one attached hydrogen (secondary N) is 1. The lowest BCUT2D eigenvalue weighted by molar-refractivity contribution is 0.538. The molecule has 0 fully saturated rings. The van der Waals surface area contributed by atoms with Crippen LogP contribution in [0.1, 0.15) is 39.1 Å². The molecule has 0 spiro atoms. The molecule has 2 aromatic rings. The highest BCUT2D eigenvalue weighted by Crippen LogP contribution is 2.32. The molecule has 0 aliphatic heterocycles. The lowest BCUT2D eigenvalue weighted by Crippen LogP contribution is -2.18. The third kappa shape index (κ3) is 3.94. The van der Waals surface area contributed by atoms with E-state index in [9.17, 15) is 0 Å². The van der Waals surface area contributed by atoms with Crippen LogP contribution < -0.4 is 5.32 Å². The van der Waals surface area contributed by atoms with Crippen molar-refractivity contribution in [3.63, 3.8) is 0 Å². The fourth-order valence-corrected chi connectivity index (χ4v) is 2.62. The van der Waals surface area contributed by atoms with Crippen LogP contribution in [-0.4, -0.2) is 21.5 Å². The molecule has 0 amide bonds. The van der Waals surface area contributed by atoms with Gasteiger partial charge in [-0.05, 0) is 37.7 Å². The number of hydrogen-bond donors (Lipinski definition) is 1. The van der Waals surface area contributed by atoms with Gasteiger partial charge in [-0.1, -0.05) is 26.8 Å². The first-order valence-electron chi connectivity index (χ1n) is 7.13. The summed E-state index contributed by atoms with van der Waals surface area (Å²) < 4.78 is 0. The van der Waals surface area contributed by atoms with Crippen molar-refractivity contribution in [3.05, 3.63) is 35.8 Å². The zero-order valence-corrected chi connectivity index (χ0v) is 14.1. The first-order chi connectivity index (χ1) is 9.91. The summed E-state index contributed by atoms with van der Waals surface area (Å²) in [5, 5.41) is 5.24. The van der Waals surface area contributed by atoms with E-state index >= 15 is 0 Å². The van der Waals surface area contributed by atoms with Crippen molar-refractivity contribution in [3.8, 4) is 0 Å². The molecule has 4 nitrogen and oxygen atoms in total. The molecular formula is C16H22N4S. The average Bonchev–Trinajstić information content (AvgIpc) is 2.43. The zero-order valence-electron chi connectivity index (χ0n) is 13.3. The Hall–Kier alpha value is -1.62. The fraction of sp³-hybridized carbons (Fsp3) is 0.438. The molecule has 0 unspecified atom stereocenters. The van der Waals surface area contributed by atoms with Crippen LogP contribution in [0.4, 0.5) is 5.82 Å².